The Morgan fingerprint density at radius 2 is 1.90 bits per heavy atom. The van der Waals surface area contributed by atoms with Gasteiger partial charge in [-0.3, -0.25) is 4.79 Å². The van der Waals surface area contributed by atoms with Crippen molar-refractivity contribution in [2.75, 3.05) is 32.5 Å². The molecule has 0 saturated heterocycles. The zero-order chi connectivity index (χ0) is 15.8. The highest BCUT2D eigenvalue weighted by Gasteiger charge is 2.15. The number of nitrogens with zero attached hydrogens (tertiary/aromatic N) is 1. The molecule has 0 bridgehead atoms. The number of amides is 1. The Morgan fingerprint density at radius 3 is 2.52 bits per heavy atom. The minimum absolute atomic E-state index is 0.0181. The molecule has 0 spiro atoms. The van der Waals surface area contributed by atoms with E-state index in [0.717, 1.165) is 25.2 Å². The molecule has 4 heteroatoms. The number of carbonyl (C=O) groups is 1. The summed E-state index contributed by atoms with van der Waals surface area (Å²) in [5.41, 5.74) is 2.13. The van der Waals surface area contributed by atoms with E-state index in [4.69, 9.17) is 0 Å². The molecular weight excluding hydrogens is 262 g/mol. The fourth-order valence-corrected chi connectivity index (χ4v) is 2.10. The van der Waals surface area contributed by atoms with Crippen LogP contribution in [-0.4, -0.2) is 44.0 Å². The van der Waals surface area contributed by atoms with Gasteiger partial charge in [0.25, 0.3) is 0 Å². The summed E-state index contributed by atoms with van der Waals surface area (Å²) in [5, 5.41) is 6.29. The summed E-state index contributed by atoms with van der Waals surface area (Å²) in [5.74, 6) is 0.461. The molecule has 0 fully saturated rings. The number of anilines is 1. The standard InChI is InChI=1S/C17H29N3O/c1-6-13(2)15-9-7-8-10-16(15)19-17(21)14(3)18-11-12-20(4)5/h7-10,13-14,18H,6,11-12H2,1-5H3,(H,19,21)/t13-,14-/m0/s1. The fraction of sp³-hybridized carbons (Fsp3) is 0.588. The van der Waals surface area contributed by atoms with Gasteiger partial charge in [0.15, 0.2) is 0 Å². The van der Waals surface area contributed by atoms with Gasteiger partial charge in [0.05, 0.1) is 6.04 Å². The molecule has 1 amide bonds. The average molecular weight is 291 g/mol. The second-order valence-corrected chi connectivity index (χ2v) is 5.86. The second-order valence-electron chi connectivity index (χ2n) is 5.86. The monoisotopic (exact) mass is 291 g/mol. The SMILES string of the molecule is CC[C@H](C)c1ccccc1NC(=O)[C@H](C)NCCN(C)C. The van der Waals surface area contributed by atoms with Gasteiger partial charge in [0.1, 0.15) is 0 Å². The van der Waals surface area contributed by atoms with E-state index in [1.807, 2.05) is 39.2 Å². The molecule has 1 aromatic carbocycles. The lowest BCUT2D eigenvalue weighted by atomic mass is 9.97. The fourth-order valence-electron chi connectivity index (χ4n) is 2.10. The van der Waals surface area contributed by atoms with Gasteiger partial charge in [-0.2, -0.15) is 0 Å². The van der Waals surface area contributed by atoms with Gasteiger partial charge in [-0.05, 0) is 45.0 Å². The molecule has 0 aromatic heterocycles. The van der Waals surface area contributed by atoms with Crippen molar-refractivity contribution in [3.8, 4) is 0 Å². The van der Waals surface area contributed by atoms with Crippen molar-refractivity contribution in [2.24, 2.45) is 0 Å². The van der Waals surface area contributed by atoms with Gasteiger partial charge in [-0.25, -0.2) is 0 Å². The van der Waals surface area contributed by atoms with E-state index in [-0.39, 0.29) is 11.9 Å². The van der Waals surface area contributed by atoms with E-state index in [1.54, 1.807) is 0 Å². The van der Waals surface area contributed by atoms with Crippen LogP contribution in [0.2, 0.25) is 0 Å². The van der Waals surface area contributed by atoms with Crippen molar-refractivity contribution < 1.29 is 4.79 Å². The van der Waals surface area contributed by atoms with E-state index < -0.39 is 0 Å². The van der Waals surface area contributed by atoms with Gasteiger partial charge in [0.2, 0.25) is 5.91 Å². The summed E-state index contributed by atoms with van der Waals surface area (Å²) < 4.78 is 0. The van der Waals surface area contributed by atoms with Crippen molar-refractivity contribution in [1.82, 2.24) is 10.2 Å². The zero-order valence-corrected chi connectivity index (χ0v) is 13.9. The van der Waals surface area contributed by atoms with Crippen LogP contribution >= 0.6 is 0 Å². The van der Waals surface area contributed by atoms with Crippen molar-refractivity contribution in [3.63, 3.8) is 0 Å². The number of hydrogen-bond acceptors (Lipinski definition) is 3. The second kappa shape index (κ2) is 8.80. The predicted octanol–water partition coefficient (Wildman–Crippen LogP) is 2.68. The van der Waals surface area contributed by atoms with E-state index in [2.05, 4.69) is 35.4 Å². The van der Waals surface area contributed by atoms with Crippen molar-refractivity contribution in [1.29, 1.82) is 0 Å². The molecule has 1 aromatic rings. The molecule has 2 atom stereocenters. The predicted molar refractivity (Wildman–Crippen MR) is 89.8 cm³/mol. The maximum atomic E-state index is 12.3. The molecule has 0 aliphatic heterocycles. The van der Waals surface area contributed by atoms with Crippen LogP contribution in [0.15, 0.2) is 24.3 Å². The first kappa shape index (κ1) is 17.7. The third kappa shape index (κ3) is 5.86. The Balaban J connectivity index is 2.62. The van der Waals surface area contributed by atoms with E-state index in [1.165, 1.54) is 5.56 Å². The van der Waals surface area contributed by atoms with Gasteiger partial charge >= 0.3 is 0 Å². The molecule has 21 heavy (non-hydrogen) atoms. The highest BCUT2D eigenvalue weighted by atomic mass is 16.2. The third-order valence-electron chi connectivity index (χ3n) is 3.76. The Bertz CT molecular complexity index is 445. The molecule has 2 N–H and O–H groups in total. The highest BCUT2D eigenvalue weighted by Crippen LogP contribution is 2.26. The van der Waals surface area contributed by atoms with Gasteiger partial charge in [-0.15, -0.1) is 0 Å². The minimum atomic E-state index is -0.199. The van der Waals surface area contributed by atoms with E-state index >= 15 is 0 Å². The van der Waals surface area contributed by atoms with Gasteiger partial charge in [0, 0.05) is 18.8 Å². The van der Waals surface area contributed by atoms with E-state index in [9.17, 15) is 4.79 Å². The molecule has 0 radical (unpaired) electrons. The first-order chi connectivity index (χ1) is 9.95. The minimum Gasteiger partial charge on any atom is -0.324 e. The third-order valence-corrected chi connectivity index (χ3v) is 3.76. The van der Waals surface area contributed by atoms with Gasteiger partial charge < -0.3 is 15.5 Å². The molecule has 1 rings (SSSR count). The molecule has 0 aliphatic carbocycles. The van der Waals surface area contributed by atoms with Crippen LogP contribution in [0.1, 0.15) is 38.7 Å². The Hall–Kier alpha value is -1.39. The largest absolute Gasteiger partial charge is 0.324 e. The number of para-hydroxylation sites is 1. The Kier molecular flexibility index (Phi) is 7.40. The molecule has 0 unspecified atom stereocenters. The summed E-state index contributed by atoms with van der Waals surface area (Å²) in [6.45, 7) is 7.96. The van der Waals surface area contributed by atoms with Crippen LogP contribution in [0.25, 0.3) is 0 Å². The van der Waals surface area contributed by atoms with Crippen LogP contribution in [0.5, 0.6) is 0 Å². The number of nitrogens with one attached hydrogen (secondary N) is 2. The molecule has 4 nitrogen and oxygen atoms in total. The topological polar surface area (TPSA) is 44.4 Å². The number of carbonyl (C=O) groups excluding carboxylic acids is 1. The van der Waals surface area contributed by atoms with Crippen LogP contribution in [0.4, 0.5) is 5.69 Å². The molecule has 0 saturated carbocycles. The van der Waals surface area contributed by atoms with Crippen LogP contribution in [0.3, 0.4) is 0 Å². The Labute approximate surface area is 128 Å². The average Bonchev–Trinajstić information content (AvgIpc) is 2.46. The normalized spacial score (nSPS) is 14.0. The molecule has 0 heterocycles. The lowest BCUT2D eigenvalue weighted by molar-refractivity contribution is -0.117. The maximum absolute atomic E-state index is 12.3. The van der Waals surface area contributed by atoms with Crippen molar-refractivity contribution in [3.05, 3.63) is 29.8 Å². The van der Waals surface area contributed by atoms with Crippen LogP contribution < -0.4 is 10.6 Å². The summed E-state index contributed by atoms with van der Waals surface area (Å²) >= 11 is 0. The van der Waals surface area contributed by atoms with E-state index in [0.29, 0.717) is 5.92 Å². The van der Waals surface area contributed by atoms with Crippen LogP contribution in [-0.2, 0) is 4.79 Å². The smallest absolute Gasteiger partial charge is 0.241 e. The number of hydrogen-bond donors (Lipinski definition) is 2. The van der Waals surface area contributed by atoms with Crippen LogP contribution in [0, 0.1) is 0 Å². The quantitative estimate of drug-likeness (QED) is 0.774. The summed E-state index contributed by atoms with van der Waals surface area (Å²) in [6.07, 6.45) is 1.06. The highest BCUT2D eigenvalue weighted by molar-refractivity contribution is 5.95. The Morgan fingerprint density at radius 1 is 1.24 bits per heavy atom. The summed E-state index contributed by atoms with van der Waals surface area (Å²) in [4.78, 5) is 14.4. The first-order valence-electron chi connectivity index (χ1n) is 7.73. The van der Waals surface area contributed by atoms with Gasteiger partial charge in [-0.1, -0.05) is 32.0 Å². The zero-order valence-electron chi connectivity index (χ0n) is 13.9. The first-order valence-corrected chi connectivity index (χ1v) is 7.73. The summed E-state index contributed by atoms with van der Waals surface area (Å²) in [7, 11) is 4.05. The lowest BCUT2D eigenvalue weighted by Gasteiger charge is -2.19. The lowest BCUT2D eigenvalue weighted by Crippen LogP contribution is -2.41. The molecule has 118 valence electrons. The van der Waals surface area contributed by atoms with Crippen molar-refractivity contribution >= 4 is 11.6 Å². The number of rotatable bonds is 8. The maximum Gasteiger partial charge on any atom is 0.241 e. The molecular formula is C17H29N3O. The number of likely N-dealkylation sites (N-methyl/N-ethyl adjacent to an activating group) is 1. The molecule has 0 aliphatic rings. The van der Waals surface area contributed by atoms with Crippen molar-refractivity contribution in [2.45, 2.75) is 39.2 Å². The number of benzene rings is 1. The summed E-state index contributed by atoms with van der Waals surface area (Å²) in [6, 6.07) is 7.86.